The van der Waals surface area contributed by atoms with E-state index in [1.54, 1.807) is 6.07 Å². The summed E-state index contributed by atoms with van der Waals surface area (Å²) in [5.74, 6) is 1.64. The van der Waals surface area contributed by atoms with E-state index >= 15 is 0 Å². The quantitative estimate of drug-likeness (QED) is 0.679. The molecule has 0 unspecified atom stereocenters. The Morgan fingerprint density at radius 1 is 1.30 bits per heavy atom. The van der Waals surface area contributed by atoms with E-state index in [0.717, 1.165) is 11.3 Å². The summed E-state index contributed by atoms with van der Waals surface area (Å²) in [6, 6.07) is 4.59. The number of aryl methyl sites for hydroxylation is 3. The molecule has 1 aromatic carbocycles. The van der Waals surface area contributed by atoms with Crippen molar-refractivity contribution in [3.63, 3.8) is 0 Å². The number of imidazole rings is 1. The zero-order chi connectivity index (χ0) is 13.9. The van der Waals surface area contributed by atoms with E-state index in [9.17, 15) is 4.39 Å². The van der Waals surface area contributed by atoms with Crippen LogP contribution < -0.4 is 0 Å². The summed E-state index contributed by atoms with van der Waals surface area (Å²) in [7, 11) is 0. The van der Waals surface area contributed by atoms with E-state index in [-0.39, 0.29) is 5.82 Å². The molecule has 0 aliphatic rings. The molecule has 0 radical (unpaired) electrons. The van der Waals surface area contributed by atoms with Crippen LogP contribution in [0.4, 0.5) is 4.39 Å². The van der Waals surface area contributed by atoms with Crippen molar-refractivity contribution in [2.45, 2.75) is 19.4 Å². The number of benzene rings is 1. The van der Waals surface area contributed by atoms with Gasteiger partial charge in [-0.25, -0.2) is 9.37 Å². The van der Waals surface area contributed by atoms with Crippen LogP contribution in [-0.4, -0.2) is 25.6 Å². The predicted molar refractivity (Wildman–Crippen MR) is 72.1 cm³/mol. The fourth-order valence-corrected chi connectivity index (χ4v) is 2.36. The molecule has 0 amide bonds. The van der Waals surface area contributed by atoms with Gasteiger partial charge in [0.1, 0.15) is 11.6 Å². The van der Waals surface area contributed by atoms with Gasteiger partial charge in [-0.15, -0.1) is 11.6 Å². The molecule has 20 heavy (non-hydrogen) atoms. The standard InChI is InChI=1S/C13H12ClFN4O/c14-5-3-13-17-10-7-9(15)1-2-11(10)19(13)6-4-12-16-8-20-18-12/h1-2,7-8H,3-6H2. The van der Waals surface area contributed by atoms with Crippen molar-refractivity contribution in [3.05, 3.63) is 42.1 Å². The molecule has 0 fully saturated rings. The number of nitrogens with zero attached hydrogens (tertiary/aromatic N) is 4. The minimum Gasteiger partial charge on any atom is -0.343 e. The second-order valence-electron chi connectivity index (χ2n) is 4.35. The van der Waals surface area contributed by atoms with Crippen LogP contribution in [-0.2, 0) is 19.4 Å². The lowest BCUT2D eigenvalue weighted by Gasteiger charge is -2.06. The second-order valence-corrected chi connectivity index (χ2v) is 4.73. The van der Waals surface area contributed by atoms with Crippen LogP contribution in [0.5, 0.6) is 0 Å². The van der Waals surface area contributed by atoms with Crippen LogP contribution in [0.1, 0.15) is 11.6 Å². The molecule has 3 aromatic rings. The molecule has 0 atom stereocenters. The van der Waals surface area contributed by atoms with Gasteiger partial charge >= 0.3 is 0 Å². The Balaban J connectivity index is 1.95. The van der Waals surface area contributed by atoms with E-state index < -0.39 is 0 Å². The monoisotopic (exact) mass is 294 g/mol. The molecule has 2 aromatic heterocycles. The molecule has 104 valence electrons. The van der Waals surface area contributed by atoms with Crippen LogP contribution in [0.15, 0.2) is 29.1 Å². The van der Waals surface area contributed by atoms with Crippen LogP contribution in [0.2, 0.25) is 0 Å². The summed E-state index contributed by atoms with van der Waals surface area (Å²) in [6.45, 7) is 0.647. The lowest BCUT2D eigenvalue weighted by atomic mass is 10.3. The first-order valence-electron chi connectivity index (χ1n) is 6.24. The molecule has 0 saturated carbocycles. The molecule has 0 bridgehead atoms. The Kier molecular flexibility index (Phi) is 3.64. The van der Waals surface area contributed by atoms with Gasteiger partial charge in [0, 0.05) is 31.3 Å². The Hall–Kier alpha value is -1.95. The van der Waals surface area contributed by atoms with Crippen molar-refractivity contribution in [2.75, 3.05) is 5.88 Å². The third kappa shape index (κ3) is 2.51. The fourth-order valence-electron chi connectivity index (χ4n) is 2.19. The summed E-state index contributed by atoms with van der Waals surface area (Å²) < 4.78 is 20.0. The van der Waals surface area contributed by atoms with Crippen LogP contribution in [0, 0.1) is 5.82 Å². The number of aromatic nitrogens is 4. The van der Waals surface area contributed by atoms with E-state index in [1.165, 1.54) is 18.5 Å². The van der Waals surface area contributed by atoms with Crippen LogP contribution in [0.3, 0.4) is 0 Å². The number of alkyl halides is 1. The topological polar surface area (TPSA) is 56.7 Å². The highest BCUT2D eigenvalue weighted by atomic mass is 35.5. The fraction of sp³-hybridized carbons (Fsp3) is 0.308. The van der Waals surface area contributed by atoms with Crippen molar-refractivity contribution in [1.82, 2.24) is 19.7 Å². The largest absolute Gasteiger partial charge is 0.343 e. The third-order valence-corrected chi connectivity index (χ3v) is 3.26. The molecule has 0 aliphatic carbocycles. The molecule has 0 spiro atoms. The summed E-state index contributed by atoms with van der Waals surface area (Å²) in [4.78, 5) is 8.43. The van der Waals surface area contributed by atoms with Gasteiger partial charge in [-0.3, -0.25) is 0 Å². The molecule has 0 N–H and O–H groups in total. The van der Waals surface area contributed by atoms with E-state index in [2.05, 4.69) is 15.1 Å². The second kappa shape index (κ2) is 5.58. The Morgan fingerprint density at radius 2 is 2.20 bits per heavy atom. The van der Waals surface area contributed by atoms with Crippen LogP contribution in [0.25, 0.3) is 11.0 Å². The zero-order valence-electron chi connectivity index (χ0n) is 10.6. The highest BCUT2D eigenvalue weighted by Gasteiger charge is 2.12. The van der Waals surface area contributed by atoms with E-state index in [0.29, 0.717) is 36.6 Å². The normalized spacial score (nSPS) is 11.3. The van der Waals surface area contributed by atoms with E-state index in [4.69, 9.17) is 16.1 Å². The smallest absolute Gasteiger partial charge is 0.213 e. The summed E-state index contributed by atoms with van der Waals surface area (Å²) in [5, 5.41) is 3.78. The van der Waals surface area contributed by atoms with Gasteiger partial charge in [-0.2, -0.15) is 4.98 Å². The van der Waals surface area contributed by atoms with Crippen LogP contribution >= 0.6 is 11.6 Å². The van der Waals surface area contributed by atoms with Crippen molar-refractivity contribution in [3.8, 4) is 0 Å². The number of hydrogen-bond donors (Lipinski definition) is 0. The number of rotatable bonds is 5. The average Bonchev–Trinajstić information content (AvgIpc) is 3.04. The molecule has 0 saturated heterocycles. The molecule has 2 heterocycles. The molecule has 0 aliphatic heterocycles. The maximum Gasteiger partial charge on any atom is 0.213 e. The molecular formula is C13H12ClFN4O. The first kappa shape index (κ1) is 13.1. The Labute approximate surface area is 119 Å². The Bertz CT molecular complexity index is 711. The maximum absolute atomic E-state index is 13.3. The molecule has 5 nitrogen and oxygen atoms in total. The number of halogens is 2. The predicted octanol–water partition coefficient (Wildman–Crippen LogP) is 2.58. The summed E-state index contributed by atoms with van der Waals surface area (Å²) in [6.07, 6.45) is 2.55. The lowest BCUT2D eigenvalue weighted by molar-refractivity contribution is 0.408. The van der Waals surface area contributed by atoms with Gasteiger partial charge in [0.05, 0.1) is 11.0 Å². The van der Waals surface area contributed by atoms with Gasteiger partial charge < -0.3 is 9.09 Å². The van der Waals surface area contributed by atoms with Gasteiger partial charge in [-0.05, 0) is 12.1 Å². The summed E-state index contributed by atoms with van der Waals surface area (Å²) in [5.41, 5.74) is 1.52. The van der Waals surface area contributed by atoms with Crippen molar-refractivity contribution in [1.29, 1.82) is 0 Å². The van der Waals surface area contributed by atoms with Crippen molar-refractivity contribution >= 4 is 22.6 Å². The molecule has 3 rings (SSSR count). The summed E-state index contributed by atoms with van der Waals surface area (Å²) >= 11 is 5.80. The zero-order valence-corrected chi connectivity index (χ0v) is 11.3. The highest BCUT2D eigenvalue weighted by molar-refractivity contribution is 6.17. The maximum atomic E-state index is 13.3. The minimum atomic E-state index is -0.294. The average molecular weight is 295 g/mol. The SMILES string of the molecule is Fc1ccc2c(c1)nc(CCCl)n2CCc1ncon1. The first-order chi connectivity index (χ1) is 9.78. The highest BCUT2D eigenvalue weighted by Crippen LogP contribution is 2.18. The van der Waals surface area contributed by atoms with Gasteiger partial charge in [0.15, 0.2) is 5.82 Å². The van der Waals surface area contributed by atoms with E-state index in [1.807, 2.05) is 4.57 Å². The lowest BCUT2D eigenvalue weighted by Crippen LogP contribution is -2.07. The number of hydrogen-bond acceptors (Lipinski definition) is 4. The first-order valence-corrected chi connectivity index (χ1v) is 6.77. The third-order valence-electron chi connectivity index (χ3n) is 3.07. The molecule has 7 heteroatoms. The van der Waals surface area contributed by atoms with Gasteiger partial charge in [0.2, 0.25) is 6.39 Å². The number of fused-ring (bicyclic) bond motifs is 1. The van der Waals surface area contributed by atoms with Gasteiger partial charge in [-0.1, -0.05) is 5.16 Å². The van der Waals surface area contributed by atoms with Gasteiger partial charge in [0.25, 0.3) is 0 Å². The minimum absolute atomic E-state index is 0.294. The van der Waals surface area contributed by atoms with Crippen molar-refractivity contribution in [2.24, 2.45) is 0 Å². The van der Waals surface area contributed by atoms with Crippen molar-refractivity contribution < 1.29 is 8.91 Å². The Morgan fingerprint density at radius 3 is 2.95 bits per heavy atom. The molecular weight excluding hydrogens is 283 g/mol.